The van der Waals surface area contributed by atoms with Crippen molar-refractivity contribution in [1.82, 2.24) is 9.80 Å². The Balaban J connectivity index is 1.12. The number of phenolic OH excluding ortho intramolecular Hbond substituents is 6. The van der Waals surface area contributed by atoms with Gasteiger partial charge in [-0.15, -0.1) is 0 Å². The highest BCUT2D eigenvalue weighted by atomic mass is 16.3. The van der Waals surface area contributed by atoms with Crippen LogP contribution in [0.3, 0.4) is 0 Å². The van der Waals surface area contributed by atoms with Gasteiger partial charge in [0.15, 0.2) is 0 Å². The van der Waals surface area contributed by atoms with Gasteiger partial charge in [-0.3, -0.25) is 39.8 Å². The van der Waals surface area contributed by atoms with Crippen LogP contribution in [0.25, 0.3) is 0 Å². The van der Waals surface area contributed by atoms with Gasteiger partial charge in [-0.25, -0.2) is 0 Å². The lowest BCUT2D eigenvalue weighted by molar-refractivity contribution is 0.298. The number of aromatic hydroxyl groups is 6. The Morgan fingerprint density at radius 1 is 0.263 bits per heavy atom. The molecule has 0 aliphatic carbocycles. The van der Waals surface area contributed by atoms with Crippen LogP contribution in [0.5, 0.6) is 34.5 Å². The molecule has 0 radical (unpaired) electrons. The minimum absolute atomic E-state index is 0.123. The van der Waals surface area contributed by atoms with Gasteiger partial charge in [0.25, 0.3) is 0 Å². The van der Waals surface area contributed by atoms with Crippen LogP contribution in [0.2, 0.25) is 0 Å². The zero-order valence-electron chi connectivity index (χ0n) is 45.5. The molecule has 14 heteroatoms. The molecule has 0 spiro atoms. The topological polar surface area (TPSA) is 202 Å². The SMILES string of the molecule is C=C1Cc2cccc(c2O)C=NCCN2CCN=Cc3cccc(c3O)CC(=C)Cc3cccc(c3O)C=NCCN(CCN=Cc3cccc(c3O)C1)CCN=Cc1cccc(c1O)CC(=C)Cc1cccc(c1O)C=NCC2. The summed E-state index contributed by atoms with van der Waals surface area (Å²) in [6, 6.07) is 33.5. The Morgan fingerprint density at radius 2 is 0.425 bits per heavy atom. The van der Waals surface area contributed by atoms with E-state index >= 15 is 0 Å². The van der Waals surface area contributed by atoms with Crippen LogP contribution in [0, 0.1) is 0 Å². The average Bonchev–Trinajstić information content (AvgIpc) is 3.44. The van der Waals surface area contributed by atoms with Gasteiger partial charge in [-0.2, -0.15) is 0 Å². The number of rotatable bonds is 0. The van der Waals surface area contributed by atoms with E-state index < -0.39 is 0 Å². The predicted octanol–water partition coefficient (Wildman–Crippen LogP) is 9.49. The van der Waals surface area contributed by atoms with Crippen molar-refractivity contribution in [3.63, 3.8) is 0 Å². The van der Waals surface area contributed by atoms with Gasteiger partial charge in [0.2, 0.25) is 0 Å². The Morgan fingerprint density at radius 3 is 0.588 bits per heavy atom. The van der Waals surface area contributed by atoms with Gasteiger partial charge in [0.05, 0.1) is 39.3 Å². The molecule has 412 valence electrons. The van der Waals surface area contributed by atoms with E-state index in [-0.39, 0.29) is 34.5 Å². The van der Waals surface area contributed by atoms with Crippen molar-refractivity contribution in [2.24, 2.45) is 30.0 Å². The molecule has 14 nitrogen and oxygen atoms in total. The second-order valence-corrected chi connectivity index (χ2v) is 20.3. The third kappa shape index (κ3) is 16.2. The molecule has 0 saturated heterocycles. The smallest absolute Gasteiger partial charge is 0.127 e. The highest BCUT2D eigenvalue weighted by molar-refractivity contribution is 5.87. The molecule has 0 unspecified atom stereocenters. The molecule has 6 aromatic carbocycles. The number of phenols is 6. The molecule has 80 heavy (non-hydrogen) atoms. The average molecular weight is 1070 g/mol. The quantitative estimate of drug-likeness (QED) is 0.0808. The summed E-state index contributed by atoms with van der Waals surface area (Å²) < 4.78 is 0. The summed E-state index contributed by atoms with van der Waals surface area (Å²) in [5.41, 5.74) is 10.1. The zero-order valence-corrected chi connectivity index (χ0v) is 45.5. The summed E-state index contributed by atoms with van der Waals surface area (Å²) in [5.74, 6) is 0.739. The first kappa shape index (κ1) is 57.5. The van der Waals surface area contributed by atoms with Gasteiger partial charge in [0.1, 0.15) is 34.5 Å². The van der Waals surface area contributed by atoms with Crippen LogP contribution in [0.4, 0.5) is 0 Å². The number of hydrogen-bond acceptors (Lipinski definition) is 14. The number of para-hydroxylation sites is 6. The molecule has 9 rings (SSSR count). The van der Waals surface area contributed by atoms with E-state index in [2.05, 4.69) is 29.5 Å². The van der Waals surface area contributed by atoms with E-state index in [1.807, 2.05) is 109 Å². The molecular formula is C66H72N8O6. The van der Waals surface area contributed by atoms with Crippen LogP contribution in [0.1, 0.15) is 66.8 Å². The maximum absolute atomic E-state index is 11.4. The van der Waals surface area contributed by atoms with E-state index in [1.165, 1.54) is 0 Å². The number of hydrogen-bond donors (Lipinski definition) is 6. The van der Waals surface area contributed by atoms with Crippen LogP contribution in [0.15, 0.2) is 176 Å². The molecule has 3 aliphatic rings. The maximum Gasteiger partial charge on any atom is 0.127 e. The van der Waals surface area contributed by atoms with E-state index in [0.717, 1.165) is 16.7 Å². The van der Waals surface area contributed by atoms with Crippen LogP contribution in [-0.4, -0.2) is 156 Å². The normalized spacial score (nSPS) is 17.9. The van der Waals surface area contributed by atoms with Crippen molar-refractivity contribution in [3.05, 3.63) is 212 Å². The highest BCUT2D eigenvalue weighted by Gasteiger charge is 2.16. The summed E-state index contributed by atoms with van der Waals surface area (Å²) in [7, 11) is 0. The second-order valence-electron chi connectivity index (χ2n) is 20.3. The van der Waals surface area contributed by atoms with Crippen molar-refractivity contribution in [1.29, 1.82) is 0 Å². The summed E-state index contributed by atoms with van der Waals surface area (Å²) in [6.07, 6.45) is 12.4. The molecule has 0 fully saturated rings. The number of fused-ring (bicyclic) bond motifs is 18. The number of allylic oxidation sites excluding steroid dienone is 3. The highest BCUT2D eigenvalue weighted by Crippen LogP contribution is 2.31. The Kier molecular flexibility index (Phi) is 20.7. The first-order valence-corrected chi connectivity index (χ1v) is 27.2. The van der Waals surface area contributed by atoms with E-state index in [0.29, 0.717) is 184 Å². The van der Waals surface area contributed by atoms with Crippen LogP contribution in [-0.2, 0) is 38.5 Å². The van der Waals surface area contributed by atoms with Crippen LogP contribution < -0.4 is 0 Å². The predicted molar refractivity (Wildman–Crippen MR) is 326 cm³/mol. The maximum atomic E-state index is 11.4. The summed E-state index contributed by atoms with van der Waals surface area (Å²) in [6.45, 7) is 18.9. The summed E-state index contributed by atoms with van der Waals surface area (Å²) in [5, 5.41) is 68.6. The fourth-order valence-electron chi connectivity index (χ4n) is 9.79. The fraction of sp³-hybridized carbons (Fsp3) is 0.273. The fourth-order valence-corrected chi connectivity index (χ4v) is 9.79. The lowest BCUT2D eigenvalue weighted by Crippen LogP contribution is -2.31. The lowest BCUT2D eigenvalue weighted by Gasteiger charge is -2.19. The first-order valence-electron chi connectivity index (χ1n) is 27.2. The second kappa shape index (κ2) is 28.8. The minimum Gasteiger partial charge on any atom is -0.507 e. The molecule has 3 heterocycles. The number of nitrogens with zero attached hydrogens (tertiary/aromatic N) is 8. The Hall–Kier alpha value is -8.72. The van der Waals surface area contributed by atoms with Crippen LogP contribution >= 0.6 is 0 Å². The third-order valence-corrected chi connectivity index (χ3v) is 14.2. The molecule has 0 saturated carbocycles. The monoisotopic (exact) mass is 1070 g/mol. The largest absolute Gasteiger partial charge is 0.507 e. The molecular weight excluding hydrogens is 1000 g/mol. The molecule has 0 aromatic heterocycles. The summed E-state index contributed by atoms with van der Waals surface area (Å²) in [4.78, 5) is 32.8. The van der Waals surface area contributed by atoms with Crippen molar-refractivity contribution in [2.45, 2.75) is 38.5 Å². The summed E-state index contributed by atoms with van der Waals surface area (Å²) >= 11 is 0. The van der Waals surface area contributed by atoms with Gasteiger partial charge in [-0.05, 0) is 108 Å². The van der Waals surface area contributed by atoms with Crippen molar-refractivity contribution in [3.8, 4) is 34.5 Å². The Labute approximate surface area is 469 Å². The first-order chi connectivity index (χ1) is 38.9. The lowest BCUT2D eigenvalue weighted by atomic mass is 9.96. The molecule has 3 aliphatic heterocycles. The third-order valence-electron chi connectivity index (χ3n) is 14.2. The van der Waals surface area contributed by atoms with Crippen molar-refractivity contribution >= 4 is 37.3 Å². The standard InChI is InChI=1S/C66H72N8O6/c1-46-34-49-10-4-16-55(61(49)75)40-67-22-28-73-30-24-69-42-57-18-6-12-51(63(57)77)36-47(2)37-52-13-7-19-58(64(52)78)43-70-25-31-74(29-23-68-41-56-17-5-11-50(35-46)62(56)76)33-27-72-45-60-21-9-15-54(66(60)80)39-48(3)38-53-14-8-20-59(65(53)79)44-71-26-32-73/h4-21,40-45,75-80H,1-3,22-39H2. The van der Waals surface area contributed by atoms with Crippen molar-refractivity contribution in [2.75, 3.05) is 78.5 Å². The van der Waals surface area contributed by atoms with Gasteiger partial charge < -0.3 is 30.6 Å². The number of aliphatic imine (C=N–C) groups is 6. The van der Waals surface area contributed by atoms with Gasteiger partial charge in [0, 0.05) is 110 Å². The molecule has 14 bridgehead atoms. The molecule has 0 amide bonds. The molecule has 6 aromatic rings. The zero-order chi connectivity index (χ0) is 56.2. The van der Waals surface area contributed by atoms with E-state index in [4.69, 9.17) is 30.0 Å². The molecule has 0 atom stereocenters. The van der Waals surface area contributed by atoms with Gasteiger partial charge in [-0.1, -0.05) is 109 Å². The molecule has 6 N–H and O–H groups in total. The van der Waals surface area contributed by atoms with Crippen molar-refractivity contribution < 1.29 is 30.6 Å². The minimum atomic E-state index is 0.123. The Bertz CT molecular complexity index is 2790. The number of benzene rings is 6. The van der Waals surface area contributed by atoms with E-state index in [1.54, 1.807) is 37.3 Å². The van der Waals surface area contributed by atoms with E-state index in [9.17, 15) is 30.6 Å². The van der Waals surface area contributed by atoms with Gasteiger partial charge >= 0.3 is 0 Å².